The second kappa shape index (κ2) is 5.02. The van der Waals surface area contributed by atoms with Gasteiger partial charge in [-0.1, -0.05) is 51.4 Å². The molecule has 0 aromatic carbocycles. The SMILES string of the molecule is C1CC[C]2CCCCCC(CC1)C2. The van der Waals surface area contributed by atoms with Gasteiger partial charge in [0.05, 0.1) is 0 Å². The van der Waals surface area contributed by atoms with E-state index < -0.39 is 0 Å². The highest BCUT2D eigenvalue weighted by Gasteiger charge is 2.20. The van der Waals surface area contributed by atoms with Crippen LogP contribution in [0.25, 0.3) is 0 Å². The van der Waals surface area contributed by atoms with E-state index in [9.17, 15) is 0 Å². The maximum Gasteiger partial charge on any atom is -0.0238 e. The lowest BCUT2D eigenvalue weighted by molar-refractivity contribution is 0.334. The summed E-state index contributed by atoms with van der Waals surface area (Å²) in [4.78, 5) is 0. The molecular weight excluding hydrogens is 156 g/mol. The summed E-state index contributed by atoms with van der Waals surface area (Å²) in [5.74, 6) is 3.00. The molecule has 0 unspecified atom stereocenters. The van der Waals surface area contributed by atoms with Crippen molar-refractivity contribution in [2.75, 3.05) is 0 Å². The Morgan fingerprint density at radius 3 is 1.92 bits per heavy atom. The number of hydrogen-bond donors (Lipinski definition) is 0. The molecule has 0 atom stereocenters. The zero-order valence-corrected chi connectivity index (χ0v) is 8.86. The van der Waals surface area contributed by atoms with Gasteiger partial charge in [0.15, 0.2) is 0 Å². The first-order valence-electron chi connectivity index (χ1n) is 6.29. The lowest BCUT2D eigenvalue weighted by Gasteiger charge is -2.28. The smallest absolute Gasteiger partial charge is 0.0238 e. The number of hydrogen-bond acceptors (Lipinski definition) is 0. The van der Waals surface area contributed by atoms with E-state index in [1.54, 1.807) is 0 Å². The predicted octanol–water partition coefficient (Wildman–Crippen LogP) is 4.50. The highest BCUT2D eigenvalue weighted by molar-refractivity contribution is 4.93. The topological polar surface area (TPSA) is 0 Å². The van der Waals surface area contributed by atoms with E-state index >= 15 is 0 Å². The van der Waals surface area contributed by atoms with Gasteiger partial charge in [-0.3, -0.25) is 0 Å². The van der Waals surface area contributed by atoms with Crippen LogP contribution in [-0.2, 0) is 0 Å². The molecule has 0 spiro atoms. The van der Waals surface area contributed by atoms with Gasteiger partial charge in [0.2, 0.25) is 0 Å². The standard InChI is InChI=1S/C13H23/c1-3-7-12-9-5-2-6-10-13(11-12)8-4-1/h12H,1-11H2. The molecule has 0 aliphatic heterocycles. The second-order valence-electron chi connectivity index (χ2n) is 5.02. The maximum atomic E-state index is 1.92. The van der Waals surface area contributed by atoms with Gasteiger partial charge in [0, 0.05) is 0 Å². The summed E-state index contributed by atoms with van der Waals surface area (Å²) in [6.07, 6.45) is 16.5. The fraction of sp³-hybridized carbons (Fsp3) is 0.923. The van der Waals surface area contributed by atoms with Gasteiger partial charge in [0.1, 0.15) is 0 Å². The summed E-state index contributed by atoms with van der Waals surface area (Å²) in [5.41, 5.74) is 0. The van der Waals surface area contributed by atoms with Crippen molar-refractivity contribution in [3.63, 3.8) is 0 Å². The van der Waals surface area contributed by atoms with Gasteiger partial charge >= 0.3 is 0 Å². The fourth-order valence-corrected chi connectivity index (χ4v) is 3.06. The average molecular weight is 179 g/mol. The van der Waals surface area contributed by atoms with Crippen LogP contribution in [0.1, 0.15) is 70.6 Å². The van der Waals surface area contributed by atoms with Crippen LogP contribution in [0.3, 0.4) is 0 Å². The third kappa shape index (κ3) is 3.00. The van der Waals surface area contributed by atoms with E-state index in [2.05, 4.69) is 0 Å². The summed E-state index contributed by atoms with van der Waals surface area (Å²) in [7, 11) is 0. The third-order valence-corrected chi connectivity index (χ3v) is 3.86. The Kier molecular flexibility index (Phi) is 3.69. The van der Waals surface area contributed by atoms with Gasteiger partial charge in [-0.2, -0.15) is 0 Å². The number of fused-ring (bicyclic) bond motifs is 2. The molecule has 0 aromatic heterocycles. The highest BCUT2D eigenvalue weighted by atomic mass is 14.3. The van der Waals surface area contributed by atoms with Crippen LogP contribution in [-0.4, -0.2) is 0 Å². The van der Waals surface area contributed by atoms with Crippen LogP contribution in [0, 0.1) is 11.8 Å². The van der Waals surface area contributed by atoms with Crippen LogP contribution in [0.2, 0.25) is 0 Å². The largest absolute Gasteiger partial charge is 0.0533 e. The molecule has 75 valence electrons. The maximum absolute atomic E-state index is 1.92. The van der Waals surface area contributed by atoms with Crippen LogP contribution >= 0.6 is 0 Å². The minimum atomic E-state index is 1.08. The van der Waals surface area contributed by atoms with E-state index in [4.69, 9.17) is 0 Å². The average Bonchev–Trinajstić information content (AvgIpc) is 2.00. The first kappa shape index (κ1) is 9.55. The monoisotopic (exact) mass is 179 g/mol. The third-order valence-electron chi connectivity index (χ3n) is 3.86. The molecule has 0 heteroatoms. The molecule has 13 heavy (non-hydrogen) atoms. The van der Waals surface area contributed by atoms with Crippen molar-refractivity contribution in [2.45, 2.75) is 70.6 Å². The van der Waals surface area contributed by atoms with E-state index in [-0.39, 0.29) is 0 Å². The van der Waals surface area contributed by atoms with Crippen molar-refractivity contribution < 1.29 is 0 Å². The van der Waals surface area contributed by atoms with Gasteiger partial charge < -0.3 is 0 Å². The molecule has 2 aliphatic rings. The summed E-state index contributed by atoms with van der Waals surface area (Å²) < 4.78 is 0. The zero-order chi connectivity index (χ0) is 8.93. The first-order valence-corrected chi connectivity index (χ1v) is 6.29. The Morgan fingerprint density at radius 2 is 1.31 bits per heavy atom. The molecule has 1 radical (unpaired) electrons. The molecule has 0 saturated heterocycles. The normalized spacial score (nSPS) is 28.6. The van der Waals surface area contributed by atoms with Crippen LogP contribution < -0.4 is 0 Å². The predicted molar refractivity (Wildman–Crippen MR) is 57.5 cm³/mol. The first-order chi connectivity index (χ1) is 6.45. The molecule has 0 amide bonds. The summed E-state index contributed by atoms with van der Waals surface area (Å²) in [6.45, 7) is 0. The van der Waals surface area contributed by atoms with Crippen molar-refractivity contribution >= 4 is 0 Å². The Morgan fingerprint density at radius 1 is 0.692 bits per heavy atom. The van der Waals surface area contributed by atoms with Gasteiger partial charge in [-0.15, -0.1) is 0 Å². The quantitative estimate of drug-likeness (QED) is 0.514. The Labute approximate surface area is 83.1 Å². The Hall–Kier alpha value is 0. The van der Waals surface area contributed by atoms with Gasteiger partial charge in [-0.25, -0.2) is 0 Å². The van der Waals surface area contributed by atoms with Gasteiger partial charge in [0.25, 0.3) is 0 Å². The lowest BCUT2D eigenvalue weighted by atomic mass is 9.78. The Bertz CT molecular complexity index is 111. The van der Waals surface area contributed by atoms with E-state index in [1.165, 1.54) is 70.6 Å². The van der Waals surface area contributed by atoms with E-state index in [0.717, 1.165) is 5.92 Å². The lowest BCUT2D eigenvalue weighted by Crippen LogP contribution is -2.13. The van der Waals surface area contributed by atoms with Crippen molar-refractivity contribution in [1.29, 1.82) is 0 Å². The number of rotatable bonds is 0. The van der Waals surface area contributed by atoms with Crippen LogP contribution in [0.4, 0.5) is 0 Å². The molecule has 2 rings (SSSR count). The minimum Gasteiger partial charge on any atom is -0.0533 e. The molecule has 2 bridgehead atoms. The second-order valence-corrected chi connectivity index (χ2v) is 5.02. The van der Waals surface area contributed by atoms with Crippen molar-refractivity contribution in [1.82, 2.24) is 0 Å². The zero-order valence-electron chi connectivity index (χ0n) is 8.86. The molecule has 2 aliphatic carbocycles. The van der Waals surface area contributed by atoms with Crippen molar-refractivity contribution in [2.24, 2.45) is 5.92 Å². The van der Waals surface area contributed by atoms with Crippen LogP contribution in [0.15, 0.2) is 0 Å². The molecule has 0 aromatic rings. The molecule has 0 heterocycles. The highest BCUT2D eigenvalue weighted by Crippen LogP contribution is 2.36. The van der Waals surface area contributed by atoms with Crippen molar-refractivity contribution in [3.8, 4) is 0 Å². The van der Waals surface area contributed by atoms with Crippen LogP contribution in [0.5, 0.6) is 0 Å². The fourth-order valence-electron chi connectivity index (χ4n) is 3.06. The Balaban J connectivity index is 1.90. The van der Waals surface area contributed by atoms with Gasteiger partial charge in [-0.05, 0) is 31.1 Å². The van der Waals surface area contributed by atoms with E-state index in [1.807, 2.05) is 5.92 Å². The molecule has 0 nitrogen and oxygen atoms in total. The van der Waals surface area contributed by atoms with E-state index in [0.29, 0.717) is 0 Å². The molecular formula is C13H23. The molecule has 2 saturated carbocycles. The summed E-state index contributed by atoms with van der Waals surface area (Å²) in [5, 5.41) is 0. The minimum absolute atomic E-state index is 1.08. The summed E-state index contributed by atoms with van der Waals surface area (Å²) >= 11 is 0. The molecule has 2 fully saturated rings. The van der Waals surface area contributed by atoms with Crippen molar-refractivity contribution in [3.05, 3.63) is 5.92 Å². The molecule has 0 N–H and O–H groups in total. The summed E-state index contributed by atoms with van der Waals surface area (Å²) in [6, 6.07) is 0.